The lowest BCUT2D eigenvalue weighted by Crippen LogP contribution is -2.32. The van der Waals surface area contributed by atoms with Gasteiger partial charge in [0.2, 0.25) is 0 Å². The van der Waals surface area contributed by atoms with Crippen molar-refractivity contribution in [2.45, 2.75) is 21.6 Å². The molecule has 0 saturated carbocycles. The summed E-state index contributed by atoms with van der Waals surface area (Å²) in [5, 5.41) is 11.6. The van der Waals surface area contributed by atoms with Crippen LogP contribution in [0.1, 0.15) is 33.4 Å². The molecule has 0 spiro atoms. The molecule has 0 unspecified atom stereocenters. The molecule has 0 fully saturated rings. The first-order chi connectivity index (χ1) is 18.2. The van der Waals surface area contributed by atoms with E-state index in [9.17, 15) is 4.79 Å². The van der Waals surface area contributed by atoms with Crippen molar-refractivity contribution in [1.82, 2.24) is 0 Å². The Kier molecular flexibility index (Phi) is 6.03. The minimum Gasteiger partial charge on any atom is -0.465 e. The summed E-state index contributed by atoms with van der Waals surface area (Å²) in [4.78, 5) is 13.6. The van der Waals surface area contributed by atoms with Gasteiger partial charge < -0.3 is 5.11 Å². The van der Waals surface area contributed by atoms with E-state index in [1.54, 1.807) is 11.8 Å². The quantitative estimate of drug-likeness (QED) is 0.235. The Morgan fingerprint density at radius 2 is 1.24 bits per heavy atom. The van der Waals surface area contributed by atoms with Gasteiger partial charge in [0.05, 0.1) is 5.41 Å². The second kappa shape index (κ2) is 9.64. The van der Waals surface area contributed by atoms with Crippen molar-refractivity contribution in [3.05, 3.63) is 161 Å². The second-order valence-electron chi connectivity index (χ2n) is 9.17. The molecule has 1 heterocycles. The number of rotatable bonds is 5. The van der Waals surface area contributed by atoms with Crippen LogP contribution in [0.4, 0.5) is 10.5 Å². The second-order valence-corrected chi connectivity index (χ2v) is 10.2. The third-order valence-electron chi connectivity index (χ3n) is 7.03. The fourth-order valence-electron chi connectivity index (χ4n) is 5.50. The van der Waals surface area contributed by atoms with Gasteiger partial charge in [-0.3, -0.25) is 5.32 Å². The van der Waals surface area contributed by atoms with Crippen LogP contribution in [-0.4, -0.2) is 11.2 Å². The molecule has 37 heavy (non-hydrogen) atoms. The number of fused-ring (bicyclic) bond motifs is 2. The highest BCUT2D eigenvalue weighted by Crippen LogP contribution is 2.52. The summed E-state index contributed by atoms with van der Waals surface area (Å²) in [6.07, 6.45) is -0.306. The molecule has 0 aromatic heterocycles. The molecule has 3 nitrogen and oxygen atoms in total. The number of anilines is 1. The zero-order valence-electron chi connectivity index (χ0n) is 20.1. The lowest BCUT2D eigenvalue weighted by molar-refractivity contribution is 0.209. The SMILES string of the molecule is O=C(O)Nc1ccc2c(c1)Cc1cccc(C(c3ccccc3)(c3ccccc3)c3ccccc3)c1S2. The van der Waals surface area contributed by atoms with Crippen molar-refractivity contribution in [3.63, 3.8) is 0 Å². The minimum absolute atomic E-state index is 0.509. The highest BCUT2D eigenvalue weighted by Gasteiger charge is 2.41. The van der Waals surface area contributed by atoms with Gasteiger partial charge in [-0.2, -0.15) is 0 Å². The van der Waals surface area contributed by atoms with Crippen LogP contribution in [0, 0.1) is 0 Å². The van der Waals surface area contributed by atoms with E-state index in [0.717, 1.165) is 16.9 Å². The summed E-state index contributed by atoms with van der Waals surface area (Å²) in [5.74, 6) is 0. The Morgan fingerprint density at radius 3 is 1.78 bits per heavy atom. The molecule has 4 heteroatoms. The summed E-state index contributed by atoms with van der Waals surface area (Å²) >= 11 is 1.77. The Balaban J connectivity index is 1.61. The molecule has 180 valence electrons. The van der Waals surface area contributed by atoms with Gasteiger partial charge in [-0.05, 0) is 58.0 Å². The zero-order valence-corrected chi connectivity index (χ0v) is 20.9. The van der Waals surface area contributed by atoms with Crippen LogP contribution in [0.2, 0.25) is 0 Å². The van der Waals surface area contributed by atoms with Crippen LogP contribution in [0.5, 0.6) is 0 Å². The number of amides is 1. The van der Waals surface area contributed by atoms with E-state index >= 15 is 0 Å². The summed E-state index contributed by atoms with van der Waals surface area (Å²) in [6.45, 7) is 0. The molecule has 0 aliphatic carbocycles. The number of nitrogens with one attached hydrogen (secondary N) is 1. The maximum atomic E-state index is 11.2. The number of hydrogen-bond acceptors (Lipinski definition) is 2. The highest BCUT2D eigenvalue weighted by atomic mass is 32.2. The van der Waals surface area contributed by atoms with Crippen LogP contribution >= 0.6 is 11.8 Å². The van der Waals surface area contributed by atoms with Gasteiger partial charge in [-0.1, -0.05) is 121 Å². The molecular formula is C33H25NO2S. The van der Waals surface area contributed by atoms with E-state index in [1.165, 1.54) is 32.7 Å². The van der Waals surface area contributed by atoms with E-state index < -0.39 is 11.5 Å². The van der Waals surface area contributed by atoms with Gasteiger partial charge in [0.15, 0.2) is 0 Å². The first kappa shape index (κ1) is 23.1. The normalized spacial score (nSPS) is 12.3. The monoisotopic (exact) mass is 499 g/mol. The average Bonchev–Trinajstić information content (AvgIpc) is 2.94. The molecular weight excluding hydrogens is 474 g/mol. The molecule has 6 rings (SSSR count). The number of carbonyl (C=O) groups is 1. The standard InChI is InChI=1S/C33H25NO2S/c35-32(36)34-28-19-20-30-24(22-28)21-23-11-10-18-29(31(23)37-30)33(25-12-4-1-5-13-25,26-14-6-2-7-15-26)27-16-8-3-9-17-27/h1-20,22,34H,21H2,(H,35,36). The zero-order chi connectivity index (χ0) is 25.2. The van der Waals surface area contributed by atoms with Crippen LogP contribution in [0.15, 0.2) is 137 Å². The van der Waals surface area contributed by atoms with Gasteiger partial charge in [-0.25, -0.2) is 4.79 Å². The molecule has 1 aliphatic heterocycles. The number of carboxylic acid groups (broad SMARTS) is 1. The lowest BCUT2D eigenvalue weighted by atomic mass is 9.65. The van der Waals surface area contributed by atoms with Crippen LogP contribution < -0.4 is 5.32 Å². The molecule has 0 saturated heterocycles. The van der Waals surface area contributed by atoms with Crippen molar-refractivity contribution < 1.29 is 9.90 Å². The van der Waals surface area contributed by atoms with E-state index in [0.29, 0.717) is 5.69 Å². The molecule has 0 radical (unpaired) electrons. The highest BCUT2D eigenvalue weighted by molar-refractivity contribution is 7.99. The van der Waals surface area contributed by atoms with Crippen molar-refractivity contribution in [2.24, 2.45) is 0 Å². The molecule has 5 aromatic carbocycles. The number of benzene rings is 5. The van der Waals surface area contributed by atoms with E-state index in [4.69, 9.17) is 5.11 Å². The van der Waals surface area contributed by atoms with E-state index in [1.807, 2.05) is 18.2 Å². The Hall–Kier alpha value is -4.28. The minimum atomic E-state index is -1.05. The smallest absolute Gasteiger partial charge is 0.409 e. The van der Waals surface area contributed by atoms with Gasteiger partial charge in [0.25, 0.3) is 0 Å². The lowest BCUT2D eigenvalue weighted by Gasteiger charge is -2.39. The summed E-state index contributed by atoms with van der Waals surface area (Å²) < 4.78 is 0. The summed E-state index contributed by atoms with van der Waals surface area (Å²) in [6, 6.07) is 44.7. The summed E-state index contributed by atoms with van der Waals surface area (Å²) in [5.41, 5.74) is 7.36. The Labute approximate surface area is 220 Å². The molecule has 0 bridgehead atoms. The van der Waals surface area contributed by atoms with Crippen molar-refractivity contribution in [1.29, 1.82) is 0 Å². The van der Waals surface area contributed by atoms with Crippen LogP contribution in [-0.2, 0) is 11.8 Å². The first-order valence-electron chi connectivity index (χ1n) is 12.3. The van der Waals surface area contributed by atoms with E-state index in [-0.39, 0.29) is 0 Å². The Bertz CT molecular complexity index is 1470. The molecule has 2 N–H and O–H groups in total. The average molecular weight is 500 g/mol. The van der Waals surface area contributed by atoms with Gasteiger partial charge >= 0.3 is 6.09 Å². The van der Waals surface area contributed by atoms with Crippen molar-refractivity contribution in [3.8, 4) is 0 Å². The fourth-order valence-corrected chi connectivity index (χ4v) is 6.72. The maximum Gasteiger partial charge on any atom is 0.409 e. The third-order valence-corrected chi connectivity index (χ3v) is 8.33. The molecule has 1 amide bonds. The van der Waals surface area contributed by atoms with Crippen LogP contribution in [0.3, 0.4) is 0 Å². The third kappa shape index (κ3) is 4.09. The van der Waals surface area contributed by atoms with Gasteiger partial charge in [-0.15, -0.1) is 0 Å². The predicted molar refractivity (Wildman–Crippen MR) is 150 cm³/mol. The Morgan fingerprint density at radius 1 is 0.676 bits per heavy atom. The molecule has 1 aliphatic rings. The predicted octanol–water partition coefficient (Wildman–Crippen LogP) is 8.21. The first-order valence-corrected chi connectivity index (χ1v) is 13.1. The van der Waals surface area contributed by atoms with Gasteiger partial charge in [0, 0.05) is 15.5 Å². The van der Waals surface area contributed by atoms with Crippen LogP contribution in [0.25, 0.3) is 0 Å². The fraction of sp³-hybridized carbons (Fsp3) is 0.0606. The molecule has 5 aromatic rings. The number of hydrogen-bond donors (Lipinski definition) is 2. The topological polar surface area (TPSA) is 49.3 Å². The van der Waals surface area contributed by atoms with Crippen molar-refractivity contribution in [2.75, 3.05) is 5.32 Å². The van der Waals surface area contributed by atoms with Crippen molar-refractivity contribution >= 4 is 23.5 Å². The largest absolute Gasteiger partial charge is 0.465 e. The maximum absolute atomic E-state index is 11.2. The van der Waals surface area contributed by atoms with Gasteiger partial charge in [0.1, 0.15) is 0 Å². The molecule has 0 atom stereocenters. The summed E-state index contributed by atoms with van der Waals surface area (Å²) in [7, 11) is 0. The van der Waals surface area contributed by atoms with E-state index in [2.05, 4.69) is 115 Å².